The molecule has 0 spiro atoms. The second-order valence-corrected chi connectivity index (χ2v) is 4.69. The molecule has 1 fully saturated rings. The van der Waals surface area contributed by atoms with Gasteiger partial charge >= 0.3 is 0 Å². The molecule has 0 radical (unpaired) electrons. The van der Waals surface area contributed by atoms with Crippen LogP contribution in [0.4, 0.5) is 5.69 Å². The molecule has 0 aliphatic carbocycles. The van der Waals surface area contributed by atoms with Gasteiger partial charge in [-0.3, -0.25) is 9.69 Å². The summed E-state index contributed by atoms with van der Waals surface area (Å²) < 4.78 is 5.13. The average Bonchev–Trinajstić information content (AvgIpc) is 2.45. The molecule has 1 amide bonds. The maximum atomic E-state index is 12.4. The summed E-state index contributed by atoms with van der Waals surface area (Å²) in [6.45, 7) is 4.85. The Balaban J connectivity index is 2.11. The van der Waals surface area contributed by atoms with Gasteiger partial charge in [-0.2, -0.15) is 0 Å². The predicted octanol–water partition coefficient (Wildman–Crippen LogP) is 0.691. The summed E-state index contributed by atoms with van der Waals surface area (Å²) >= 11 is 0. The summed E-state index contributed by atoms with van der Waals surface area (Å²) in [4.78, 5) is 16.3. The van der Waals surface area contributed by atoms with Gasteiger partial charge in [0.15, 0.2) is 0 Å². The van der Waals surface area contributed by atoms with Crippen molar-refractivity contribution < 1.29 is 9.53 Å². The zero-order valence-corrected chi connectivity index (χ0v) is 11.5. The molecule has 1 saturated heterocycles. The summed E-state index contributed by atoms with van der Waals surface area (Å²) in [5.41, 5.74) is 6.49. The van der Waals surface area contributed by atoms with Crippen molar-refractivity contribution in [3.63, 3.8) is 0 Å². The Labute approximate surface area is 113 Å². The number of ether oxygens (including phenoxy) is 1. The minimum atomic E-state index is -0.112. The van der Waals surface area contributed by atoms with E-state index in [9.17, 15) is 4.79 Å². The maximum Gasteiger partial charge on any atom is 0.244 e. The second kappa shape index (κ2) is 6.04. The van der Waals surface area contributed by atoms with E-state index in [1.54, 1.807) is 7.11 Å². The SMILES string of the molecule is COc1ccc(N2CCN(CCN)C(C)C2=O)cc1. The van der Waals surface area contributed by atoms with E-state index >= 15 is 0 Å². The standard InChI is InChI=1S/C14H21N3O2/c1-11-14(18)17(10-9-16(11)8-7-15)12-3-5-13(19-2)6-4-12/h3-6,11H,7-10,15H2,1-2H3. The number of carbonyl (C=O) groups is 1. The van der Waals surface area contributed by atoms with Crippen molar-refractivity contribution >= 4 is 11.6 Å². The van der Waals surface area contributed by atoms with E-state index in [1.807, 2.05) is 36.1 Å². The fraction of sp³-hybridized carbons (Fsp3) is 0.500. The van der Waals surface area contributed by atoms with Gasteiger partial charge in [-0.05, 0) is 31.2 Å². The van der Waals surface area contributed by atoms with Crippen LogP contribution in [0.25, 0.3) is 0 Å². The first-order valence-electron chi connectivity index (χ1n) is 6.57. The number of amides is 1. The van der Waals surface area contributed by atoms with Crippen molar-refractivity contribution in [3.05, 3.63) is 24.3 Å². The van der Waals surface area contributed by atoms with Crippen molar-refractivity contribution in [2.24, 2.45) is 5.73 Å². The molecule has 0 bridgehead atoms. The third-order valence-electron chi connectivity index (χ3n) is 3.58. The van der Waals surface area contributed by atoms with Gasteiger partial charge in [0, 0.05) is 31.9 Å². The fourth-order valence-electron chi connectivity index (χ4n) is 2.40. The molecule has 0 aromatic heterocycles. The van der Waals surface area contributed by atoms with Gasteiger partial charge in [0.25, 0.3) is 0 Å². The van der Waals surface area contributed by atoms with Crippen LogP contribution in [0.3, 0.4) is 0 Å². The minimum Gasteiger partial charge on any atom is -0.497 e. The molecule has 0 saturated carbocycles. The van der Waals surface area contributed by atoms with Crippen LogP contribution in [-0.2, 0) is 4.79 Å². The Morgan fingerprint density at radius 3 is 2.58 bits per heavy atom. The van der Waals surface area contributed by atoms with Crippen LogP contribution in [0.2, 0.25) is 0 Å². The van der Waals surface area contributed by atoms with Crippen LogP contribution in [0.1, 0.15) is 6.92 Å². The zero-order chi connectivity index (χ0) is 13.8. The Morgan fingerprint density at radius 2 is 2.00 bits per heavy atom. The zero-order valence-electron chi connectivity index (χ0n) is 11.5. The summed E-state index contributed by atoms with van der Waals surface area (Å²) in [5.74, 6) is 0.927. The highest BCUT2D eigenvalue weighted by Crippen LogP contribution is 2.22. The van der Waals surface area contributed by atoms with E-state index in [-0.39, 0.29) is 11.9 Å². The number of hydrogen-bond donors (Lipinski definition) is 1. The lowest BCUT2D eigenvalue weighted by atomic mass is 10.1. The van der Waals surface area contributed by atoms with Gasteiger partial charge in [-0.25, -0.2) is 0 Å². The number of anilines is 1. The first-order valence-corrected chi connectivity index (χ1v) is 6.57. The van der Waals surface area contributed by atoms with Crippen molar-refractivity contribution in [2.45, 2.75) is 13.0 Å². The first-order chi connectivity index (χ1) is 9.17. The highest BCUT2D eigenvalue weighted by atomic mass is 16.5. The normalized spacial score (nSPS) is 20.7. The van der Waals surface area contributed by atoms with Crippen LogP contribution in [-0.4, -0.2) is 50.1 Å². The Hall–Kier alpha value is -1.59. The van der Waals surface area contributed by atoms with Crippen molar-refractivity contribution in [3.8, 4) is 5.75 Å². The van der Waals surface area contributed by atoms with Crippen LogP contribution in [0, 0.1) is 0 Å². The van der Waals surface area contributed by atoms with E-state index in [1.165, 1.54) is 0 Å². The topological polar surface area (TPSA) is 58.8 Å². The van der Waals surface area contributed by atoms with Gasteiger partial charge in [0.2, 0.25) is 5.91 Å². The molecule has 1 atom stereocenters. The molecule has 19 heavy (non-hydrogen) atoms. The quantitative estimate of drug-likeness (QED) is 0.868. The smallest absolute Gasteiger partial charge is 0.244 e. The molecule has 5 nitrogen and oxygen atoms in total. The Bertz CT molecular complexity index is 433. The van der Waals surface area contributed by atoms with E-state index in [2.05, 4.69) is 4.90 Å². The number of piperazine rings is 1. The van der Waals surface area contributed by atoms with E-state index in [4.69, 9.17) is 10.5 Å². The average molecular weight is 263 g/mol. The number of rotatable bonds is 4. The summed E-state index contributed by atoms with van der Waals surface area (Å²) in [5, 5.41) is 0. The molecule has 1 aromatic rings. The number of carbonyl (C=O) groups excluding carboxylic acids is 1. The highest BCUT2D eigenvalue weighted by Gasteiger charge is 2.31. The van der Waals surface area contributed by atoms with E-state index in [0.29, 0.717) is 13.1 Å². The molecule has 1 heterocycles. The Kier molecular flexibility index (Phi) is 4.39. The molecule has 2 N–H and O–H groups in total. The van der Waals surface area contributed by atoms with Crippen LogP contribution in [0.15, 0.2) is 24.3 Å². The van der Waals surface area contributed by atoms with Gasteiger partial charge < -0.3 is 15.4 Å². The van der Waals surface area contributed by atoms with Crippen LogP contribution < -0.4 is 15.4 Å². The minimum absolute atomic E-state index is 0.112. The van der Waals surface area contributed by atoms with E-state index < -0.39 is 0 Å². The monoisotopic (exact) mass is 263 g/mol. The number of benzene rings is 1. The van der Waals surface area contributed by atoms with Crippen LogP contribution >= 0.6 is 0 Å². The lowest BCUT2D eigenvalue weighted by Crippen LogP contribution is -2.56. The molecule has 5 heteroatoms. The lowest BCUT2D eigenvalue weighted by molar-refractivity contribution is -0.125. The van der Waals surface area contributed by atoms with Crippen LogP contribution in [0.5, 0.6) is 5.75 Å². The molecule has 104 valence electrons. The van der Waals surface area contributed by atoms with Gasteiger partial charge in [-0.15, -0.1) is 0 Å². The van der Waals surface area contributed by atoms with Crippen molar-refractivity contribution in [2.75, 3.05) is 38.2 Å². The molecule has 1 aromatic carbocycles. The fourth-order valence-corrected chi connectivity index (χ4v) is 2.40. The largest absolute Gasteiger partial charge is 0.497 e. The van der Waals surface area contributed by atoms with Crippen molar-refractivity contribution in [1.82, 2.24) is 4.90 Å². The second-order valence-electron chi connectivity index (χ2n) is 4.69. The van der Waals surface area contributed by atoms with Gasteiger partial charge in [0.05, 0.1) is 13.2 Å². The molecular formula is C14H21N3O2. The van der Waals surface area contributed by atoms with E-state index in [0.717, 1.165) is 24.5 Å². The Morgan fingerprint density at radius 1 is 1.32 bits per heavy atom. The van der Waals surface area contributed by atoms with Gasteiger partial charge in [0.1, 0.15) is 5.75 Å². The van der Waals surface area contributed by atoms with Crippen molar-refractivity contribution in [1.29, 1.82) is 0 Å². The highest BCUT2D eigenvalue weighted by molar-refractivity contribution is 5.97. The molecule has 2 rings (SSSR count). The third kappa shape index (κ3) is 2.88. The predicted molar refractivity (Wildman–Crippen MR) is 75.4 cm³/mol. The molecule has 1 unspecified atom stereocenters. The molecule has 1 aliphatic heterocycles. The third-order valence-corrected chi connectivity index (χ3v) is 3.58. The molecular weight excluding hydrogens is 242 g/mol. The first kappa shape index (κ1) is 13.8. The number of nitrogens with zero attached hydrogens (tertiary/aromatic N) is 2. The molecule has 1 aliphatic rings. The maximum absolute atomic E-state index is 12.4. The summed E-state index contributed by atoms with van der Waals surface area (Å²) in [6, 6.07) is 7.47. The summed E-state index contributed by atoms with van der Waals surface area (Å²) in [7, 11) is 1.63. The van der Waals surface area contributed by atoms with Gasteiger partial charge in [-0.1, -0.05) is 0 Å². The number of hydrogen-bond acceptors (Lipinski definition) is 4. The lowest BCUT2D eigenvalue weighted by Gasteiger charge is -2.38. The number of nitrogens with two attached hydrogens (primary N) is 1. The number of methoxy groups -OCH3 is 1. The summed E-state index contributed by atoms with van der Waals surface area (Å²) in [6.07, 6.45) is 0.